The molecule has 1 aliphatic heterocycles. The summed E-state index contributed by atoms with van der Waals surface area (Å²) in [6, 6.07) is -0.0820. The van der Waals surface area contributed by atoms with Gasteiger partial charge in [0, 0.05) is 18.1 Å². The van der Waals surface area contributed by atoms with E-state index in [1.165, 1.54) is 43.4 Å². The maximum atomic E-state index is 12.6. The Morgan fingerprint density at radius 2 is 2.04 bits per heavy atom. The maximum absolute atomic E-state index is 12.6. The Morgan fingerprint density at radius 3 is 2.67 bits per heavy atom. The van der Waals surface area contributed by atoms with Crippen LogP contribution >= 0.6 is 11.3 Å². The van der Waals surface area contributed by atoms with Gasteiger partial charge in [-0.2, -0.15) is 10.1 Å². The number of hydrogen-bond acceptors (Lipinski definition) is 4. The lowest BCUT2D eigenvalue weighted by molar-refractivity contribution is 0.0928. The molecule has 2 amide bonds. The molecule has 6 nitrogen and oxygen atoms in total. The molecule has 2 fully saturated rings. The maximum Gasteiger partial charge on any atom is 0.343 e. The minimum absolute atomic E-state index is 0.0669. The highest BCUT2D eigenvalue weighted by molar-refractivity contribution is 7.09. The van der Waals surface area contributed by atoms with Crippen molar-refractivity contribution in [3.8, 4) is 0 Å². The molecule has 27 heavy (non-hydrogen) atoms. The van der Waals surface area contributed by atoms with Gasteiger partial charge in [0.2, 0.25) is 4.80 Å². The highest BCUT2D eigenvalue weighted by Crippen LogP contribution is 2.26. The van der Waals surface area contributed by atoms with Crippen LogP contribution in [0.15, 0.2) is 4.99 Å². The molecule has 0 spiro atoms. The van der Waals surface area contributed by atoms with E-state index >= 15 is 0 Å². The first-order valence-electron chi connectivity index (χ1n) is 10.4. The predicted octanol–water partition coefficient (Wildman–Crippen LogP) is 4.00. The fourth-order valence-electron chi connectivity index (χ4n) is 3.86. The summed E-state index contributed by atoms with van der Waals surface area (Å²) < 4.78 is 7.62. The standard InChI is InChI=1S/C20H34N4O2S/c1-14(15-9-6-5-7-10-15)21-18(25)22-19-24(13-16-11-8-12-26-16)23-17(27-19)20(2,3)4/h14-16H,5-13H2,1-4H3,(H,21,25)/t14-,16+/m0/s1. The highest BCUT2D eigenvalue weighted by Gasteiger charge is 2.24. The molecule has 0 bridgehead atoms. The second kappa shape index (κ2) is 8.86. The van der Waals surface area contributed by atoms with Crippen LogP contribution < -0.4 is 10.1 Å². The third kappa shape index (κ3) is 5.64. The van der Waals surface area contributed by atoms with E-state index in [-0.39, 0.29) is 23.6 Å². The Hall–Kier alpha value is -1.21. The van der Waals surface area contributed by atoms with Crippen molar-refractivity contribution in [3.05, 3.63) is 9.81 Å². The monoisotopic (exact) mass is 394 g/mol. The summed E-state index contributed by atoms with van der Waals surface area (Å²) >= 11 is 1.51. The Bertz CT molecular complexity index is 692. The van der Waals surface area contributed by atoms with E-state index in [0.717, 1.165) is 24.5 Å². The van der Waals surface area contributed by atoms with Crippen LogP contribution in [0, 0.1) is 5.92 Å². The second-order valence-corrected chi connectivity index (χ2v) is 9.96. The van der Waals surface area contributed by atoms with Gasteiger partial charge in [-0.3, -0.25) is 0 Å². The van der Waals surface area contributed by atoms with Gasteiger partial charge in [-0.15, -0.1) is 0 Å². The van der Waals surface area contributed by atoms with Crippen molar-refractivity contribution in [1.82, 2.24) is 15.1 Å². The fourth-order valence-corrected chi connectivity index (χ4v) is 4.83. The van der Waals surface area contributed by atoms with Crippen LogP contribution in [0.25, 0.3) is 0 Å². The minimum Gasteiger partial charge on any atom is -0.376 e. The van der Waals surface area contributed by atoms with Gasteiger partial charge in [0.25, 0.3) is 0 Å². The molecular weight excluding hydrogens is 360 g/mol. The molecule has 2 heterocycles. The lowest BCUT2D eigenvalue weighted by Crippen LogP contribution is -2.38. The number of aromatic nitrogens is 2. The number of nitrogens with zero attached hydrogens (tertiary/aromatic N) is 3. The second-order valence-electron chi connectivity index (χ2n) is 9.00. The van der Waals surface area contributed by atoms with E-state index in [9.17, 15) is 4.79 Å². The molecule has 2 aliphatic rings. The van der Waals surface area contributed by atoms with Crippen molar-refractivity contribution in [3.63, 3.8) is 0 Å². The average Bonchev–Trinajstić information content (AvgIpc) is 3.26. The van der Waals surface area contributed by atoms with E-state index in [1.54, 1.807) is 0 Å². The van der Waals surface area contributed by atoms with E-state index in [2.05, 4.69) is 38.0 Å². The number of amides is 2. The van der Waals surface area contributed by atoms with Crippen molar-refractivity contribution < 1.29 is 9.53 Å². The molecule has 0 unspecified atom stereocenters. The third-order valence-electron chi connectivity index (χ3n) is 5.57. The van der Waals surface area contributed by atoms with E-state index in [4.69, 9.17) is 9.84 Å². The largest absolute Gasteiger partial charge is 0.376 e. The lowest BCUT2D eigenvalue weighted by atomic mass is 9.85. The van der Waals surface area contributed by atoms with Crippen molar-refractivity contribution >= 4 is 17.4 Å². The summed E-state index contributed by atoms with van der Waals surface area (Å²) in [6.07, 6.45) is 8.57. The first-order valence-corrected chi connectivity index (χ1v) is 11.2. The van der Waals surface area contributed by atoms with Gasteiger partial charge in [0.1, 0.15) is 5.01 Å². The number of rotatable bonds is 4. The summed E-state index contributed by atoms with van der Waals surface area (Å²) in [6.45, 7) is 9.99. The van der Waals surface area contributed by atoms with Gasteiger partial charge in [-0.25, -0.2) is 9.48 Å². The fraction of sp³-hybridized carbons (Fsp3) is 0.850. The van der Waals surface area contributed by atoms with Gasteiger partial charge in [0.15, 0.2) is 0 Å². The number of ether oxygens (including phenoxy) is 1. The Balaban J connectivity index is 1.75. The summed E-state index contributed by atoms with van der Waals surface area (Å²) in [5.74, 6) is 0.573. The Kier molecular flexibility index (Phi) is 6.74. The van der Waals surface area contributed by atoms with Gasteiger partial charge in [-0.05, 0) is 38.5 Å². The van der Waals surface area contributed by atoms with Crippen LogP contribution in [0.5, 0.6) is 0 Å². The number of carbonyl (C=O) groups is 1. The molecular formula is C20H34N4O2S. The van der Waals surface area contributed by atoms with Gasteiger partial charge in [-0.1, -0.05) is 51.4 Å². The third-order valence-corrected chi connectivity index (χ3v) is 6.94. The van der Waals surface area contributed by atoms with Gasteiger partial charge in [0.05, 0.1) is 12.6 Å². The zero-order valence-electron chi connectivity index (χ0n) is 17.2. The summed E-state index contributed by atoms with van der Waals surface area (Å²) in [4.78, 5) is 17.6. The van der Waals surface area contributed by atoms with Crippen LogP contribution in [0.2, 0.25) is 0 Å². The van der Waals surface area contributed by atoms with Crippen LogP contribution in [0.1, 0.15) is 77.6 Å². The van der Waals surface area contributed by atoms with Gasteiger partial charge < -0.3 is 10.1 Å². The molecule has 1 aromatic rings. The smallest absolute Gasteiger partial charge is 0.343 e. The number of carbonyl (C=O) groups excluding carboxylic acids is 1. The zero-order chi connectivity index (χ0) is 19.4. The normalized spacial score (nSPS) is 23.6. The summed E-state index contributed by atoms with van der Waals surface area (Å²) in [5.41, 5.74) is -0.0669. The minimum atomic E-state index is -0.252. The first-order chi connectivity index (χ1) is 12.8. The topological polar surface area (TPSA) is 68.5 Å². The molecule has 1 N–H and O–H groups in total. The van der Waals surface area contributed by atoms with Gasteiger partial charge >= 0.3 is 6.03 Å². The average molecular weight is 395 g/mol. The van der Waals surface area contributed by atoms with Crippen LogP contribution in [0.3, 0.4) is 0 Å². The lowest BCUT2D eigenvalue weighted by Gasteiger charge is -2.27. The molecule has 2 atom stereocenters. The van der Waals surface area contributed by atoms with Crippen LogP contribution in [0.4, 0.5) is 4.79 Å². The highest BCUT2D eigenvalue weighted by atomic mass is 32.1. The molecule has 1 saturated carbocycles. The number of urea groups is 1. The van der Waals surface area contributed by atoms with Crippen molar-refractivity contribution in [2.45, 2.75) is 96.7 Å². The molecule has 1 aliphatic carbocycles. The molecule has 1 aromatic heterocycles. The molecule has 3 rings (SSSR count). The van der Waals surface area contributed by atoms with Crippen molar-refractivity contribution in [2.75, 3.05) is 6.61 Å². The number of hydrogen-bond donors (Lipinski definition) is 1. The first kappa shape index (κ1) is 20.5. The van der Waals surface area contributed by atoms with Crippen molar-refractivity contribution in [1.29, 1.82) is 0 Å². The van der Waals surface area contributed by atoms with E-state index < -0.39 is 0 Å². The molecule has 152 valence electrons. The Labute approximate surface area is 166 Å². The molecule has 0 radical (unpaired) electrons. The van der Waals surface area contributed by atoms with Crippen molar-refractivity contribution in [2.24, 2.45) is 10.9 Å². The predicted molar refractivity (Wildman–Crippen MR) is 108 cm³/mol. The van der Waals surface area contributed by atoms with Crippen LogP contribution in [-0.4, -0.2) is 34.6 Å². The van der Waals surface area contributed by atoms with E-state index in [0.29, 0.717) is 17.3 Å². The summed E-state index contributed by atoms with van der Waals surface area (Å²) in [5, 5.41) is 8.84. The summed E-state index contributed by atoms with van der Waals surface area (Å²) in [7, 11) is 0. The number of nitrogens with one attached hydrogen (secondary N) is 1. The van der Waals surface area contributed by atoms with Crippen LogP contribution in [-0.2, 0) is 16.7 Å². The van der Waals surface area contributed by atoms with E-state index in [1.807, 2.05) is 4.68 Å². The quantitative estimate of drug-likeness (QED) is 0.839. The molecule has 1 saturated heterocycles. The Morgan fingerprint density at radius 1 is 1.30 bits per heavy atom. The molecule has 7 heteroatoms. The molecule has 0 aromatic carbocycles. The SMILES string of the molecule is C[C@H](NC(=O)N=c1sc(C(C)(C)C)nn1C[C@H]1CCCO1)C1CCCCC1. The zero-order valence-corrected chi connectivity index (χ0v) is 18.0.